The molecule has 2 atom stereocenters. The Kier molecular flexibility index (Phi) is 5.34. The lowest BCUT2D eigenvalue weighted by molar-refractivity contribution is -0.134. The van der Waals surface area contributed by atoms with E-state index in [1.807, 2.05) is 52.9 Å². The molecule has 3 heterocycles. The zero-order valence-corrected chi connectivity index (χ0v) is 17.5. The Morgan fingerprint density at radius 3 is 2.54 bits per heavy atom. The second kappa shape index (κ2) is 7.76. The number of benzene rings is 1. The Balaban J connectivity index is 1.63. The van der Waals surface area contributed by atoms with Crippen molar-refractivity contribution >= 4 is 17.7 Å². The van der Waals surface area contributed by atoms with E-state index in [9.17, 15) is 9.59 Å². The molecule has 1 saturated heterocycles. The lowest BCUT2D eigenvalue weighted by Crippen LogP contribution is -2.51. The molecule has 0 spiro atoms. The van der Waals surface area contributed by atoms with E-state index < -0.39 is 0 Å². The molecule has 1 fully saturated rings. The zero-order chi connectivity index (χ0) is 19.8. The van der Waals surface area contributed by atoms with Crippen molar-refractivity contribution < 1.29 is 4.79 Å². The molecule has 1 aromatic carbocycles. The number of likely N-dealkylation sites (tertiary alicyclic amines) is 1. The van der Waals surface area contributed by atoms with E-state index in [2.05, 4.69) is 18.2 Å². The average molecular weight is 398 g/mol. The summed E-state index contributed by atoms with van der Waals surface area (Å²) in [6, 6.07) is 12.2. The van der Waals surface area contributed by atoms with Gasteiger partial charge in [0.25, 0.3) is 5.56 Å². The molecule has 0 saturated carbocycles. The molecule has 5 nitrogen and oxygen atoms in total. The minimum Gasteiger partial charge on any atom is -0.341 e. The molecule has 0 radical (unpaired) electrons. The van der Waals surface area contributed by atoms with Crippen LogP contribution in [0.2, 0.25) is 0 Å². The third-order valence-electron chi connectivity index (χ3n) is 5.81. The molecule has 6 heteroatoms. The van der Waals surface area contributed by atoms with Gasteiger partial charge < -0.3 is 14.4 Å². The van der Waals surface area contributed by atoms with Crippen molar-refractivity contribution in [2.24, 2.45) is 5.92 Å². The van der Waals surface area contributed by atoms with Gasteiger partial charge in [0, 0.05) is 41.7 Å². The van der Waals surface area contributed by atoms with Gasteiger partial charge in [-0.3, -0.25) is 9.59 Å². The molecule has 148 valence electrons. The van der Waals surface area contributed by atoms with E-state index in [-0.39, 0.29) is 17.4 Å². The minimum atomic E-state index is 0.0946. The number of fused-ring (bicyclic) bond motifs is 4. The first-order chi connectivity index (χ1) is 13.5. The topological polar surface area (TPSA) is 45.6 Å². The van der Waals surface area contributed by atoms with Gasteiger partial charge in [0.15, 0.2) is 0 Å². The summed E-state index contributed by atoms with van der Waals surface area (Å²) in [5, 5.41) is 0. The van der Waals surface area contributed by atoms with Gasteiger partial charge in [0.1, 0.15) is 0 Å². The fraction of sp³-hybridized carbons (Fsp3) is 0.455. The molecule has 2 bridgehead atoms. The van der Waals surface area contributed by atoms with Gasteiger partial charge in [-0.15, -0.1) is 11.8 Å². The summed E-state index contributed by atoms with van der Waals surface area (Å²) in [5.41, 5.74) is 2.90. The summed E-state index contributed by atoms with van der Waals surface area (Å²) in [5.74, 6) is 0.782. The molecule has 1 aromatic heterocycles. The van der Waals surface area contributed by atoms with Crippen LogP contribution in [0.5, 0.6) is 0 Å². The van der Waals surface area contributed by atoms with Gasteiger partial charge in [0.05, 0.1) is 6.54 Å². The number of likely N-dealkylation sites (N-methyl/N-ethyl adjacent to an activating group) is 1. The number of pyridine rings is 1. The molecule has 4 rings (SSSR count). The summed E-state index contributed by atoms with van der Waals surface area (Å²) < 4.78 is 1.96. The first-order valence-electron chi connectivity index (χ1n) is 9.77. The summed E-state index contributed by atoms with van der Waals surface area (Å²) in [7, 11) is 3.84. The van der Waals surface area contributed by atoms with Crippen molar-refractivity contribution in [1.29, 1.82) is 0 Å². The highest BCUT2D eigenvalue weighted by molar-refractivity contribution is 7.98. The molecule has 1 amide bonds. The van der Waals surface area contributed by atoms with Gasteiger partial charge in [-0.25, -0.2) is 0 Å². The number of piperidine rings is 1. The maximum atomic E-state index is 13.2. The van der Waals surface area contributed by atoms with E-state index in [1.165, 1.54) is 4.90 Å². The molecule has 0 aliphatic carbocycles. The number of nitrogens with zero attached hydrogens (tertiary/aromatic N) is 3. The Hall–Kier alpha value is -2.05. The number of thioether (sulfide) groups is 1. The van der Waals surface area contributed by atoms with Gasteiger partial charge in [-0.05, 0) is 62.5 Å². The smallest absolute Gasteiger partial charge is 0.258 e. The first kappa shape index (κ1) is 19.3. The summed E-state index contributed by atoms with van der Waals surface area (Å²) in [6.07, 6.45) is 3.11. The molecule has 2 aliphatic heterocycles. The van der Waals surface area contributed by atoms with Crippen molar-refractivity contribution in [3.05, 3.63) is 52.4 Å². The number of rotatable bonds is 4. The number of carbonyl (C=O) groups excluding carboxylic acids is 1. The Bertz CT molecular complexity index is 936. The van der Waals surface area contributed by atoms with Crippen LogP contribution in [-0.4, -0.2) is 60.3 Å². The van der Waals surface area contributed by atoms with Crippen molar-refractivity contribution in [3.8, 4) is 11.1 Å². The molecule has 0 N–H and O–H groups in total. The predicted octanol–water partition coefficient (Wildman–Crippen LogP) is 2.74. The molecule has 2 unspecified atom stereocenters. The van der Waals surface area contributed by atoms with Gasteiger partial charge in [-0.2, -0.15) is 0 Å². The number of aromatic nitrogens is 1. The fourth-order valence-corrected chi connectivity index (χ4v) is 4.92. The molecule has 28 heavy (non-hydrogen) atoms. The van der Waals surface area contributed by atoms with E-state index in [0.717, 1.165) is 29.8 Å². The number of hydrogen-bond acceptors (Lipinski definition) is 4. The van der Waals surface area contributed by atoms with Crippen molar-refractivity contribution in [2.45, 2.75) is 23.8 Å². The van der Waals surface area contributed by atoms with Gasteiger partial charge >= 0.3 is 0 Å². The van der Waals surface area contributed by atoms with Crippen LogP contribution < -0.4 is 5.56 Å². The highest BCUT2D eigenvalue weighted by Gasteiger charge is 2.36. The fourth-order valence-electron chi connectivity index (χ4n) is 4.51. The molecule has 2 aromatic rings. The summed E-state index contributed by atoms with van der Waals surface area (Å²) in [4.78, 5) is 30.9. The Morgan fingerprint density at radius 1 is 1.11 bits per heavy atom. The SMILES string of the molecule is CSc1ccc(-c2ccc3n(c2=O)CC2CC3CN(C(=O)CN(C)C)C2)cc1. The van der Waals surface area contributed by atoms with E-state index in [0.29, 0.717) is 25.6 Å². The van der Waals surface area contributed by atoms with Crippen LogP contribution in [0.1, 0.15) is 18.0 Å². The largest absolute Gasteiger partial charge is 0.341 e. The lowest BCUT2D eigenvalue weighted by atomic mass is 9.82. The normalized spacial score (nSPS) is 20.9. The van der Waals surface area contributed by atoms with Crippen LogP contribution in [0.3, 0.4) is 0 Å². The Labute approximate surface area is 170 Å². The minimum absolute atomic E-state index is 0.0946. The van der Waals surface area contributed by atoms with Crippen LogP contribution in [-0.2, 0) is 11.3 Å². The lowest BCUT2D eigenvalue weighted by Gasteiger charge is -2.43. The Morgan fingerprint density at radius 2 is 1.86 bits per heavy atom. The predicted molar refractivity (Wildman–Crippen MR) is 114 cm³/mol. The third kappa shape index (κ3) is 3.63. The second-order valence-corrected chi connectivity index (χ2v) is 9.03. The van der Waals surface area contributed by atoms with E-state index in [1.54, 1.807) is 11.8 Å². The van der Waals surface area contributed by atoms with Crippen molar-refractivity contribution in [2.75, 3.05) is 40.0 Å². The number of amides is 1. The van der Waals surface area contributed by atoms with Gasteiger partial charge in [-0.1, -0.05) is 12.1 Å². The third-order valence-corrected chi connectivity index (χ3v) is 6.55. The highest BCUT2D eigenvalue weighted by Crippen LogP contribution is 2.36. The van der Waals surface area contributed by atoms with Crippen LogP contribution in [0.4, 0.5) is 0 Å². The number of carbonyl (C=O) groups is 1. The monoisotopic (exact) mass is 397 g/mol. The van der Waals surface area contributed by atoms with Crippen LogP contribution in [0, 0.1) is 5.92 Å². The van der Waals surface area contributed by atoms with Crippen molar-refractivity contribution in [3.63, 3.8) is 0 Å². The van der Waals surface area contributed by atoms with Crippen LogP contribution >= 0.6 is 11.8 Å². The zero-order valence-electron chi connectivity index (χ0n) is 16.7. The first-order valence-corrected chi connectivity index (χ1v) is 11.0. The number of hydrogen-bond donors (Lipinski definition) is 0. The maximum Gasteiger partial charge on any atom is 0.258 e. The summed E-state index contributed by atoms with van der Waals surface area (Å²) >= 11 is 1.70. The molecular formula is C22H27N3O2S. The van der Waals surface area contributed by atoms with Crippen LogP contribution in [0.25, 0.3) is 11.1 Å². The van der Waals surface area contributed by atoms with E-state index in [4.69, 9.17) is 0 Å². The highest BCUT2D eigenvalue weighted by atomic mass is 32.2. The molecule has 2 aliphatic rings. The second-order valence-electron chi connectivity index (χ2n) is 8.15. The standard InChI is InChI=1S/C22H27N3O2S/c1-23(2)14-21(26)24-11-15-10-17(13-24)20-9-8-19(22(27)25(20)12-15)16-4-6-18(28-3)7-5-16/h4-9,15,17H,10-14H2,1-3H3. The quantitative estimate of drug-likeness (QED) is 0.745. The van der Waals surface area contributed by atoms with Crippen LogP contribution in [0.15, 0.2) is 46.1 Å². The molecular weight excluding hydrogens is 370 g/mol. The average Bonchev–Trinajstić information content (AvgIpc) is 2.68. The van der Waals surface area contributed by atoms with Gasteiger partial charge in [0.2, 0.25) is 5.91 Å². The van der Waals surface area contributed by atoms with E-state index >= 15 is 0 Å². The van der Waals surface area contributed by atoms with Crippen molar-refractivity contribution in [1.82, 2.24) is 14.4 Å². The maximum absolute atomic E-state index is 13.2. The summed E-state index contributed by atoms with van der Waals surface area (Å²) in [6.45, 7) is 2.61.